The third kappa shape index (κ3) is 1.41. The molecule has 0 unspecified atom stereocenters. The van der Waals surface area contributed by atoms with E-state index in [-0.39, 0.29) is 23.2 Å². The number of pyridine rings is 1. The minimum absolute atomic E-state index is 0.195. The van der Waals surface area contributed by atoms with Crippen molar-refractivity contribution >= 4 is 10.9 Å². The molecule has 0 aliphatic heterocycles. The first-order chi connectivity index (χ1) is 8.22. The molecule has 0 fully saturated rings. The molecule has 4 heteroatoms. The molecule has 17 heavy (non-hydrogen) atoms. The van der Waals surface area contributed by atoms with E-state index in [4.69, 9.17) is 5.11 Å². The first-order valence-electron chi connectivity index (χ1n) is 5.68. The van der Waals surface area contributed by atoms with Crippen molar-refractivity contribution < 1.29 is 9.50 Å². The van der Waals surface area contributed by atoms with Gasteiger partial charge in [-0.2, -0.15) is 0 Å². The summed E-state index contributed by atoms with van der Waals surface area (Å²) < 4.78 is 14.0. The van der Waals surface area contributed by atoms with Gasteiger partial charge in [0.25, 0.3) is 5.56 Å². The van der Waals surface area contributed by atoms with Crippen molar-refractivity contribution in [2.75, 3.05) is 0 Å². The molecule has 0 radical (unpaired) electrons. The van der Waals surface area contributed by atoms with Crippen LogP contribution in [0.5, 0.6) is 0 Å². The van der Waals surface area contributed by atoms with Crippen LogP contribution in [0, 0.1) is 5.82 Å². The topological polar surface area (TPSA) is 53.1 Å². The van der Waals surface area contributed by atoms with Crippen molar-refractivity contribution in [3.63, 3.8) is 0 Å². The Morgan fingerprint density at radius 1 is 1.29 bits per heavy atom. The van der Waals surface area contributed by atoms with E-state index in [2.05, 4.69) is 4.98 Å². The Labute approximate surface area is 96.9 Å². The summed E-state index contributed by atoms with van der Waals surface area (Å²) in [5.74, 6) is -0.517. The van der Waals surface area contributed by atoms with Crippen LogP contribution in [-0.2, 0) is 19.4 Å². The van der Waals surface area contributed by atoms with E-state index in [1.807, 2.05) is 0 Å². The van der Waals surface area contributed by atoms with Crippen LogP contribution in [0.15, 0.2) is 16.9 Å². The lowest BCUT2D eigenvalue weighted by molar-refractivity contribution is 0.276. The number of rotatable bonds is 1. The highest BCUT2D eigenvalue weighted by Crippen LogP contribution is 2.28. The number of benzene rings is 1. The second-order valence-corrected chi connectivity index (χ2v) is 4.38. The van der Waals surface area contributed by atoms with Gasteiger partial charge in [0.05, 0.1) is 12.1 Å². The second-order valence-electron chi connectivity index (χ2n) is 4.38. The number of aryl methyl sites for hydroxylation is 1. The lowest BCUT2D eigenvalue weighted by Gasteiger charge is -2.08. The molecule has 3 nitrogen and oxygen atoms in total. The van der Waals surface area contributed by atoms with Gasteiger partial charge in [0.1, 0.15) is 0 Å². The average molecular weight is 233 g/mol. The molecule has 1 aliphatic rings. The summed E-state index contributed by atoms with van der Waals surface area (Å²) in [6.45, 7) is -0.360. The van der Waals surface area contributed by atoms with Crippen LogP contribution in [0.1, 0.15) is 23.1 Å². The van der Waals surface area contributed by atoms with E-state index < -0.39 is 5.82 Å². The molecule has 1 aliphatic carbocycles. The maximum absolute atomic E-state index is 14.0. The predicted molar refractivity (Wildman–Crippen MR) is 62.5 cm³/mol. The number of aromatic amines is 1. The molecule has 1 aromatic heterocycles. The Balaban J connectivity index is 2.45. The molecule has 0 saturated heterocycles. The lowest BCUT2D eigenvalue weighted by Crippen LogP contribution is -2.13. The zero-order valence-corrected chi connectivity index (χ0v) is 9.22. The highest BCUT2D eigenvalue weighted by Gasteiger charge is 2.20. The van der Waals surface area contributed by atoms with Crippen molar-refractivity contribution in [1.29, 1.82) is 0 Å². The van der Waals surface area contributed by atoms with Gasteiger partial charge in [0.2, 0.25) is 0 Å². The predicted octanol–water partition coefficient (Wildman–Crippen LogP) is 1.65. The van der Waals surface area contributed by atoms with E-state index in [0.717, 1.165) is 35.8 Å². The molecule has 0 saturated carbocycles. The molecule has 2 N–H and O–H groups in total. The molecule has 2 aromatic rings. The van der Waals surface area contributed by atoms with Gasteiger partial charge in [-0.3, -0.25) is 4.79 Å². The van der Waals surface area contributed by atoms with E-state index in [0.29, 0.717) is 0 Å². The molecule has 0 spiro atoms. The number of hydrogen-bond donors (Lipinski definition) is 2. The number of hydrogen-bond acceptors (Lipinski definition) is 2. The molecule has 0 atom stereocenters. The Morgan fingerprint density at radius 3 is 2.82 bits per heavy atom. The number of aliphatic hydroxyl groups is 1. The maximum Gasteiger partial charge on any atom is 0.251 e. The first kappa shape index (κ1) is 10.5. The summed E-state index contributed by atoms with van der Waals surface area (Å²) in [5.41, 5.74) is 1.99. The Bertz CT molecular complexity index is 660. The zero-order valence-electron chi connectivity index (χ0n) is 9.22. The van der Waals surface area contributed by atoms with Crippen LogP contribution in [0.25, 0.3) is 10.9 Å². The fourth-order valence-electron chi connectivity index (χ4n) is 2.60. The Kier molecular flexibility index (Phi) is 2.26. The summed E-state index contributed by atoms with van der Waals surface area (Å²) in [6, 6.07) is 3.36. The van der Waals surface area contributed by atoms with E-state index >= 15 is 0 Å². The van der Waals surface area contributed by atoms with Gasteiger partial charge in [0, 0.05) is 16.5 Å². The van der Waals surface area contributed by atoms with Gasteiger partial charge in [-0.25, -0.2) is 4.39 Å². The number of aliphatic hydroxyl groups excluding tert-OH is 1. The second kappa shape index (κ2) is 3.67. The van der Waals surface area contributed by atoms with Gasteiger partial charge in [0.15, 0.2) is 5.82 Å². The molecule has 88 valence electrons. The van der Waals surface area contributed by atoms with Crippen LogP contribution in [0.4, 0.5) is 4.39 Å². The molecule has 0 bridgehead atoms. The van der Waals surface area contributed by atoms with Crippen molar-refractivity contribution in [3.05, 3.63) is 45.0 Å². The number of halogens is 1. The summed E-state index contributed by atoms with van der Waals surface area (Å²) >= 11 is 0. The fraction of sp³-hybridized carbons (Fsp3) is 0.308. The van der Waals surface area contributed by atoms with Crippen LogP contribution < -0.4 is 5.56 Å². The molecule has 1 aromatic carbocycles. The van der Waals surface area contributed by atoms with Gasteiger partial charge < -0.3 is 10.1 Å². The summed E-state index contributed by atoms with van der Waals surface area (Å²) in [7, 11) is 0. The van der Waals surface area contributed by atoms with Crippen LogP contribution in [0.3, 0.4) is 0 Å². The summed E-state index contributed by atoms with van der Waals surface area (Å²) in [4.78, 5) is 14.4. The van der Waals surface area contributed by atoms with Crippen molar-refractivity contribution in [3.8, 4) is 0 Å². The molecular weight excluding hydrogens is 221 g/mol. The monoisotopic (exact) mass is 233 g/mol. The summed E-state index contributed by atoms with van der Waals surface area (Å²) in [6.07, 6.45) is 2.54. The quantitative estimate of drug-likeness (QED) is 0.786. The maximum atomic E-state index is 14.0. The van der Waals surface area contributed by atoms with Crippen molar-refractivity contribution in [1.82, 2.24) is 4.98 Å². The number of aromatic nitrogens is 1. The molecule has 1 heterocycles. The normalized spacial score (nSPS) is 14.2. The fourth-order valence-corrected chi connectivity index (χ4v) is 2.60. The third-order valence-electron chi connectivity index (χ3n) is 3.45. The molecular formula is C13H12FNO2. The van der Waals surface area contributed by atoms with Gasteiger partial charge in [-0.05, 0) is 24.8 Å². The molecule has 0 amide bonds. The van der Waals surface area contributed by atoms with Gasteiger partial charge >= 0.3 is 0 Å². The highest BCUT2D eigenvalue weighted by atomic mass is 19.1. The largest absolute Gasteiger partial charge is 0.392 e. The standard InChI is InChI=1S/C13H12FNO2/c14-11-7(6-16)4-5-9-8-2-1-3-10(8)13(17)15-12(9)11/h4-5,16H,1-3,6H2,(H,15,17). The van der Waals surface area contributed by atoms with Gasteiger partial charge in [-0.1, -0.05) is 12.1 Å². The summed E-state index contributed by atoms with van der Waals surface area (Å²) in [5, 5.41) is 9.78. The Morgan fingerprint density at radius 2 is 2.06 bits per heavy atom. The number of fused-ring (bicyclic) bond motifs is 3. The van der Waals surface area contributed by atoms with E-state index in [1.54, 1.807) is 12.1 Å². The minimum atomic E-state index is -0.517. The van der Waals surface area contributed by atoms with E-state index in [1.165, 1.54) is 0 Å². The van der Waals surface area contributed by atoms with Crippen LogP contribution >= 0.6 is 0 Å². The molecule has 3 rings (SSSR count). The SMILES string of the molecule is O=c1[nH]c2c(F)c(CO)ccc2c2c1CCC2. The third-order valence-corrected chi connectivity index (χ3v) is 3.45. The van der Waals surface area contributed by atoms with E-state index in [9.17, 15) is 9.18 Å². The highest BCUT2D eigenvalue weighted by molar-refractivity contribution is 5.84. The lowest BCUT2D eigenvalue weighted by atomic mass is 10.0. The average Bonchev–Trinajstić information content (AvgIpc) is 2.81. The smallest absolute Gasteiger partial charge is 0.251 e. The van der Waals surface area contributed by atoms with Gasteiger partial charge in [-0.15, -0.1) is 0 Å². The van der Waals surface area contributed by atoms with Crippen molar-refractivity contribution in [2.45, 2.75) is 25.9 Å². The Hall–Kier alpha value is -1.68. The first-order valence-corrected chi connectivity index (χ1v) is 5.68. The van der Waals surface area contributed by atoms with Crippen LogP contribution in [0.2, 0.25) is 0 Å². The minimum Gasteiger partial charge on any atom is -0.392 e. The number of H-pyrrole nitrogens is 1. The zero-order chi connectivity index (χ0) is 12.0. The van der Waals surface area contributed by atoms with Crippen LogP contribution in [-0.4, -0.2) is 10.1 Å². The number of nitrogens with one attached hydrogen (secondary N) is 1. The van der Waals surface area contributed by atoms with Crippen molar-refractivity contribution in [2.24, 2.45) is 0 Å².